The molecule has 10 heteroatoms. The van der Waals surface area contributed by atoms with Gasteiger partial charge < -0.3 is 19.7 Å². The minimum absolute atomic E-state index is 0.191. The highest BCUT2D eigenvalue weighted by Gasteiger charge is 2.30. The summed E-state index contributed by atoms with van der Waals surface area (Å²) < 4.78 is 44.0. The van der Waals surface area contributed by atoms with E-state index in [4.69, 9.17) is 4.74 Å². The molecule has 6 nitrogen and oxygen atoms in total. The molecule has 1 rings (SSSR count). The van der Waals surface area contributed by atoms with Crippen molar-refractivity contribution in [3.05, 3.63) is 90.6 Å². The van der Waals surface area contributed by atoms with Gasteiger partial charge in [0, 0.05) is 12.7 Å². The molecular weight excluding hydrogens is 491 g/mol. The lowest BCUT2D eigenvalue weighted by molar-refractivity contribution is -0.137. The summed E-state index contributed by atoms with van der Waals surface area (Å²) in [7, 11) is 1.69. The van der Waals surface area contributed by atoms with Crippen molar-refractivity contribution in [1.82, 2.24) is 10.2 Å². The van der Waals surface area contributed by atoms with Crippen molar-refractivity contribution < 1.29 is 27.5 Å². The fourth-order valence-electron chi connectivity index (χ4n) is 2.67. The summed E-state index contributed by atoms with van der Waals surface area (Å²) in [6, 6.07) is 4.41. The SMILES string of the molecule is C=COC(=C)CN(C)C(=Nc1ccc(C(F)(F)F)cc1)SC(C=O)C(/C=C\CC)=C/C=C(\C)NC=O. The number of aldehydes is 1. The van der Waals surface area contributed by atoms with E-state index in [1.807, 2.05) is 13.0 Å². The summed E-state index contributed by atoms with van der Waals surface area (Å²) in [5, 5.41) is 2.17. The zero-order valence-corrected chi connectivity index (χ0v) is 21.2. The van der Waals surface area contributed by atoms with Crippen LogP contribution in [0.15, 0.2) is 90.0 Å². The van der Waals surface area contributed by atoms with Gasteiger partial charge in [-0.3, -0.25) is 4.79 Å². The number of amides is 1. The van der Waals surface area contributed by atoms with Crippen LogP contribution < -0.4 is 5.32 Å². The first kappa shape index (κ1) is 30.5. The Kier molecular flexibility index (Phi) is 13.1. The van der Waals surface area contributed by atoms with Crippen LogP contribution in [0.2, 0.25) is 0 Å². The quantitative estimate of drug-likeness (QED) is 0.111. The van der Waals surface area contributed by atoms with Crippen LogP contribution in [0.25, 0.3) is 0 Å². The highest BCUT2D eigenvalue weighted by molar-refractivity contribution is 8.15. The molecule has 0 aliphatic heterocycles. The van der Waals surface area contributed by atoms with E-state index in [0.717, 1.165) is 36.6 Å². The molecule has 0 radical (unpaired) electrons. The van der Waals surface area contributed by atoms with Crippen molar-refractivity contribution in [2.45, 2.75) is 31.7 Å². The van der Waals surface area contributed by atoms with Gasteiger partial charge in [-0.15, -0.1) is 0 Å². The van der Waals surface area contributed by atoms with Crippen LogP contribution in [0.3, 0.4) is 0 Å². The van der Waals surface area contributed by atoms with E-state index in [1.165, 1.54) is 18.4 Å². The highest BCUT2D eigenvalue weighted by Crippen LogP contribution is 2.31. The van der Waals surface area contributed by atoms with Gasteiger partial charge >= 0.3 is 6.18 Å². The van der Waals surface area contributed by atoms with Crippen LogP contribution in [0.5, 0.6) is 0 Å². The normalized spacial score (nSPS) is 13.8. The number of benzene rings is 1. The Labute approximate surface area is 214 Å². The van der Waals surface area contributed by atoms with Crippen LogP contribution in [0, 0.1) is 0 Å². The first-order chi connectivity index (χ1) is 17.0. The number of aliphatic imine (C=N–C) groups is 1. The molecular formula is C26H30F3N3O3S. The number of nitrogens with zero attached hydrogens (tertiary/aromatic N) is 2. The van der Waals surface area contributed by atoms with Crippen molar-refractivity contribution in [2.24, 2.45) is 4.99 Å². The predicted octanol–water partition coefficient (Wildman–Crippen LogP) is 6.14. The lowest BCUT2D eigenvalue weighted by Crippen LogP contribution is -2.29. The molecule has 194 valence electrons. The number of carbonyl (C=O) groups is 2. The molecule has 0 fully saturated rings. The number of amidine groups is 1. The van der Waals surface area contributed by atoms with Gasteiger partial charge in [0.1, 0.15) is 12.0 Å². The molecule has 1 unspecified atom stereocenters. The molecule has 0 aromatic heterocycles. The average molecular weight is 522 g/mol. The molecule has 1 atom stereocenters. The summed E-state index contributed by atoms with van der Waals surface area (Å²) >= 11 is 1.11. The van der Waals surface area contributed by atoms with Crippen LogP contribution in [-0.4, -0.2) is 41.6 Å². The van der Waals surface area contributed by atoms with Gasteiger partial charge in [0.05, 0.1) is 29.3 Å². The number of hydrogen-bond acceptors (Lipinski definition) is 5. The van der Waals surface area contributed by atoms with Crippen molar-refractivity contribution >= 4 is 35.3 Å². The standard InChI is InChI=1S/C26H30F3N3O3S/c1-6-8-9-21(11-10-19(3)30-18-34)24(17-33)36-25(32(5)16-20(4)35-7-2)31-23-14-12-22(13-15-23)26(27,28)29/h7-15,17-18,24H,2,4,6,16H2,1,3,5H3,(H,30,34)/b9-8-,19-10+,21-11+,31-25?. The van der Waals surface area contributed by atoms with Crippen molar-refractivity contribution in [2.75, 3.05) is 13.6 Å². The minimum atomic E-state index is -4.46. The van der Waals surface area contributed by atoms with Crippen LogP contribution in [-0.2, 0) is 20.5 Å². The maximum absolute atomic E-state index is 13.0. The van der Waals surface area contributed by atoms with E-state index in [1.54, 1.807) is 37.1 Å². The van der Waals surface area contributed by atoms with E-state index in [0.29, 0.717) is 28.6 Å². The Morgan fingerprint density at radius 3 is 2.44 bits per heavy atom. The number of carbonyl (C=O) groups excluding carboxylic acids is 2. The van der Waals surface area contributed by atoms with Gasteiger partial charge in [-0.05, 0) is 49.3 Å². The van der Waals surface area contributed by atoms with E-state index in [-0.39, 0.29) is 12.2 Å². The van der Waals surface area contributed by atoms with Gasteiger partial charge in [-0.1, -0.05) is 50.1 Å². The number of alkyl halides is 3. The number of ether oxygens (including phenoxy) is 1. The smallest absolute Gasteiger partial charge is 0.416 e. The predicted molar refractivity (Wildman–Crippen MR) is 140 cm³/mol. The summed E-state index contributed by atoms with van der Waals surface area (Å²) in [6.45, 7) is 11.1. The number of rotatable bonds is 13. The Morgan fingerprint density at radius 1 is 1.25 bits per heavy atom. The van der Waals surface area contributed by atoms with E-state index < -0.39 is 17.0 Å². The van der Waals surface area contributed by atoms with E-state index in [2.05, 4.69) is 23.5 Å². The monoisotopic (exact) mass is 521 g/mol. The molecule has 0 saturated heterocycles. The lowest BCUT2D eigenvalue weighted by atomic mass is 10.1. The van der Waals surface area contributed by atoms with Gasteiger partial charge in [0.25, 0.3) is 0 Å². The second-order valence-electron chi connectivity index (χ2n) is 7.38. The third kappa shape index (κ3) is 10.8. The zero-order valence-electron chi connectivity index (χ0n) is 20.4. The minimum Gasteiger partial charge on any atom is -0.469 e. The van der Waals surface area contributed by atoms with Crippen LogP contribution in [0.4, 0.5) is 18.9 Å². The Hall–Kier alpha value is -3.53. The van der Waals surface area contributed by atoms with Crippen LogP contribution >= 0.6 is 11.8 Å². The molecule has 36 heavy (non-hydrogen) atoms. The largest absolute Gasteiger partial charge is 0.469 e. The number of thioether (sulfide) groups is 1. The van der Waals surface area contributed by atoms with Crippen molar-refractivity contribution in [3.8, 4) is 0 Å². The third-order valence-corrected chi connectivity index (χ3v) is 5.70. The molecule has 1 aromatic rings. The fourth-order valence-corrected chi connectivity index (χ4v) is 3.65. The molecule has 0 heterocycles. The van der Waals surface area contributed by atoms with E-state index in [9.17, 15) is 22.8 Å². The van der Waals surface area contributed by atoms with Gasteiger partial charge in [-0.2, -0.15) is 13.2 Å². The Morgan fingerprint density at radius 2 is 1.92 bits per heavy atom. The maximum Gasteiger partial charge on any atom is 0.416 e. The summed E-state index contributed by atoms with van der Waals surface area (Å²) in [5.74, 6) is 0.357. The highest BCUT2D eigenvalue weighted by atomic mass is 32.2. The number of likely N-dealkylation sites (N-methyl/N-ethyl adjacent to an activating group) is 1. The first-order valence-electron chi connectivity index (χ1n) is 10.8. The summed E-state index contributed by atoms with van der Waals surface area (Å²) in [6.07, 6.45) is 5.84. The fraction of sp³-hybridized carbons (Fsp3) is 0.269. The lowest BCUT2D eigenvalue weighted by Gasteiger charge is -2.23. The molecule has 1 aromatic carbocycles. The molecule has 0 saturated carbocycles. The Bertz CT molecular complexity index is 1030. The first-order valence-corrected chi connectivity index (χ1v) is 11.7. The summed E-state index contributed by atoms with van der Waals surface area (Å²) in [5.41, 5.74) is 0.704. The topological polar surface area (TPSA) is 71.0 Å². The second-order valence-corrected chi connectivity index (χ2v) is 8.49. The maximum atomic E-state index is 13.0. The van der Waals surface area contributed by atoms with Crippen LogP contribution in [0.1, 0.15) is 25.8 Å². The van der Waals surface area contributed by atoms with Gasteiger partial charge in [-0.25, -0.2) is 4.99 Å². The number of allylic oxidation sites excluding steroid dienone is 5. The molecule has 0 aliphatic carbocycles. The summed E-state index contributed by atoms with van der Waals surface area (Å²) in [4.78, 5) is 29.0. The van der Waals surface area contributed by atoms with Gasteiger partial charge in [0.2, 0.25) is 6.41 Å². The number of nitrogens with one attached hydrogen (secondary N) is 1. The van der Waals surface area contributed by atoms with Crippen molar-refractivity contribution in [1.29, 1.82) is 0 Å². The van der Waals surface area contributed by atoms with E-state index >= 15 is 0 Å². The van der Waals surface area contributed by atoms with Crippen molar-refractivity contribution in [3.63, 3.8) is 0 Å². The molecule has 1 N–H and O–H groups in total. The molecule has 0 spiro atoms. The Balaban J connectivity index is 3.44. The second kappa shape index (κ2) is 15.5. The van der Waals surface area contributed by atoms with Gasteiger partial charge in [0.15, 0.2) is 5.17 Å². The zero-order chi connectivity index (χ0) is 27.1. The number of halogens is 3. The molecule has 0 aliphatic rings. The number of hydrogen-bond donors (Lipinski definition) is 1. The third-order valence-electron chi connectivity index (χ3n) is 4.45. The average Bonchev–Trinajstić information content (AvgIpc) is 2.82. The molecule has 1 amide bonds. The molecule has 0 bridgehead atoms.